The molecule has 0 saturated heterocycles. The van der Waals surface area contributed by atoms with Gasteiger partial charge in [0.2, 0.25) is 0 Å². The smallest absolute Gasteiger partial charge is 0.345 e. The van der Waals surface area contributed by atoms with Crippen LogP contribution in [-0.2, 0) is 19.5 Å². The number of aromatic nitrogens is 4. The van der Waals surface area contributed by atoms with Crippen LogP contribution in [0.15, 0.2) is 21.5 Å². The maximum atomic E-state index is 12.1. The Labute approximate surface area is 135 Å². The average Bonchev–Trinajstić information content (AvgIpc) is 3.08. The van der Waals surface area contributed by atoms with Gasteiger partial charge in [-0.15, -0.1) is 0 Å². The van der Waals surface area contributed by atoms with Crippen molar-refractivity contribution in [2.75, 3.05) is 6.54 Å². The van der Waals surface area contributed by atoms with Crippen LogP contribution in [0.5, 0.6) is 0 Å². The monoisotopic (exact) mass is 367 g/mol. The van der Waals surface area contributed by atoms with Crippen LogP contribution in [0.3, 0.4) is 0 Å². The predicted octanol–water partition coefficient (Wildman–Crippen LogP) is 1.29. The number of H-pyrrole nitrogens is 1. The summed E-state index contributed by atoms with van der Waals surface area (Å²) < 4.78 is 4.11. The topological polar surface area (TPSA) is 84.7 Å². The van der Waals surface area contributed by atoms with Crippen LogP contribution in [0, 0.1) is 0 Å². The quantitative estimate of drug-likeness (QED) is 0.780. The number of nitrogens with zero attached hydrogens (tertiary/aromatic N) is 3. The molecule has 0 unspecified atom stereocenters. The first-order valence-electron chi connectivity index (χ1n) is 7.44. The van der Waals surface area contributed by atoms with Gasteiger partial charge in [-0.3, -0.25) is 9.36 Å². The molecule has 7 nitrogen and oxygen atoms in total. The Bertz CT molecular complexity index is 730. The molecule has 8 heteroatoms. The molecule has 1 amide bonds. The molecule has 0 aliphatic carbocycles. The minimum absolute atomic E-state index is 0.0330. The van der Waals surface area contributed by atoms with E-state index >= 15 is 0 Å². The van der Waals surface area contributed by atoms with Crippen molar-refractivity contribution in [2.45, 2.75) is 38.8 Å². The van der Waals surface area contributed by atoms with Gasteiger partial charge < -0.3 is 10.3 Å². The van der Waals surface area contributed by atoms with E-state index in [9.17, 15) is 9.59 Å². The van der Waals surface area contributed by atoms with Crippen molar-refractivity contribution in [3.8, 4) is 0 Å². The van der Waals surface area contributed by atoms with Crippen LogP contribution in [-0.4, -0.2) is 31.8 Å². The Kier molecular flexibility index (Phi) is 4.47. The maximum absolute atomic E-state index is 12.1. The maximum Gasteiger partial charge on any atom is 0.345 e. The van der Waals surface area contributed by atoms with Crippen molar-refractivity contribution >= 4 is 21.8 Å². The predicted molar refractivity (Wildman–Crippen MR) is 84.9 cm³/mol. The van der Waals surface area contributed by atoms with E-state index in [2.05, 4.69) is 31.3 Å². The number of nitrogens with one attached hydrogen (secondary N) is 2. The highest BCUT2D eigenvalue weighted by Gasteiger charge is 2.16. The summed E-state index contributed by atoms with van der Waals surface area (Å²) in [6.45, 7) is 1.80. The molecule has 2 aromatic rings. The van der Waals surface area contributed by atoms with E-state index in [0.717, 1.165) is 36.1 Å². The van der Waals surface area contributed by atoms with Crippen LogP contribution in [0.25, 0.3) is 0 Å². The molecule has 0 atom stereocenters. The fraction of sp³-hybridized carbons (Fsp3) is 0.500. The van der Waals surface area contributed by atoms with Crippen LogP contribution in [0.2, 0.25) is 0 Å². The molecule has 3 rings (SSSR count). The van der Waals surface area contributed by atoms with Crippen molar-refractivity contribution in [1.82, 2.24) is 24.6 Å². The van der Waals surface area contributed by atoms with Crippen LogP contribution < -0.4 is 11.0 Å². The minimum atomic E-state index is -0.151. The lowest BCUT2D eigenvalue weighted by atomic mass is 10.2. The second-order valence-electron chi connectivity index (χ2n) is 5.37. The molecule has 0 radical (unpaired) electrons. The highest BCUT2D eigenvalue weighted by molar-refractivity contribution is 9.10. The average molecular weight is 368 g/mol. The molecule has 3 heterocycles. The molecule has 0 saturated carbocycles. The van der Waals surface area contributed by atoms with Gasteiger partial charge in [0.05, 0.1) is 0 Å². The first-order valence-corrected chi connectivity index (χ1v) is 8.23. The lowest BCUT2D eigenvalue weighted by Gasteiger charge is -2.09. The lowest BCUT2D eigenvalue weighted by Crippen LogP contribution is -2.29. The Balaban J connectivity index is 1.50. The first kappa shape index (κ1) is 15.1. The fourth-order valence-electron chi connectivity index (χ4n) is 2.62. The number of halogens is 1. The number of hydrogen-bond donors (Lipinski definition) is 2. The Morgan fingerprint density at radius 2 is 2.32 bits per heavy atom. The largest absolute Gasteiger partial charge is 0.356 e. The van der Waals surface area contributed by atoms with Crippen LogP contribution >= 0.6 is 15.9 Å². The summed E-state index contributed by atoms with van der Waals surface area (Å²) in [5.74, 6) is 0.735. The normalized spacial score (nSPS) is 13.9. The summed E-state index contributed by atoms with van der Waals surface area (Å²) in [5, 5.41) is 7.19. The Morgan fingerprint density at radius 1 is 1.45 bits per heavy atom. The van der Waals surface area contributed by atoms with Crippen molar-refractivity contribution in [3.63, 3.8) is 0 Å². The van der Waals surface area contributed by atoms with Gasteiger partial charge in [0.15, 0.2) is 0 Å². The number of aryl methyl sites for hydroxylation is 2. The molecule has 1 aliphatic rings. The Morgan fingerprint density at radius 3 is 3.05 bits per heavy atom. The fourth-order valence-corrected chi connectivity index (χ4v) is 2.96. The van der Waals surface area contributed by atoms with Crippen LogP contribution in [0.1, 0.15) is 35.6 Å². The van der Waals surface area contributed by atoms with E-state index in [-0.39, 0.29) is 11.6 Å². The molecular formula is C14H18BrN5O2. The van der Waals surface area contributed by atoms with E-state index in [1.807, 2.05) is 0 Å². The number of aromatic amines is 1. The van der Waals surface area contributed by atoms with Gasteiger partial charge in [-0.1, -0.05) is 0 Å². The standard InChI is InChI=1S/C14H18BrN5O2/c15-10-8-11(17-9-10)13(21)16-5-3-7-20-14(22)19-6-2-1-4-12(19)18-20/h8-9,17H,1-7H2,(H,16,21). The molecular weight excluding hydrogens is 350 g/mol. The molecule has 0 fully saturated rings. The second kappa shape index (κ2) is 6.51. The summed E-state index contributed by atoms with van der Waals surface area (Å²) >= 11 is 3.29. The van der Waals surface area contributed by atoms with Crippen LogP contribution in [0.4, 0.5) is 0 Å². The lowest BCUT2D eigenvalue weighted by molar-refractivity contribution is 0.0948. The first-order chi connectivity index (χ1) is 10.6. The van der Waals surface area contributed by atoms with Gasteiger partial charge >= 0.3 is 5.69 Å². The van der Waals surface area contributed by atoms with Gasteiger partial charge in [0, 0.05) is 36.7 Å². The zero-order chi connectivity index (χ0) is 15.5. The minimum Gasteiger partial charge on any atom is -0.356 e. The zero-order valence-electron chi connectivity index (χ0n) is 12.1. The number of hydrogen-bond acceptors (Lipinski definition) is 3. The molecule has 0 spiro atoms. The third-order valence-electron chi connectivity index (χ3n) is 3.76. The summed E-state index contributed by atoms with van der Waals surface area (Å²) in [4.78, 5) is 26.9. The molecule has 0 aromatic carbocycles. The van der Waals surface area contributed by atoms with Gasteiger partial charge in [0.25, 0.3) is 5.91 Å². The number of fused-ring (bicyclic) bond motifs is 1. The van der Waals surface area contributed by atoms with E-state index < -0.39 is 0 Å². The summed E-state index contributed by atoms with van der Waals surface area (Å²) in [6.07, 6.45) is 5.40. The van der Waals surface area contributed by atoms with E-state index in [1.54, 1.807) is 16.8 Å². The molecule has 2 aromatic heterocycles. The molecule has 2 N–H and O–H groups in total. The SMILES string of the molecule is O=C(NCCCn1nc2n(c1=O)CCCC2)c1cc(Br)c[nH]1. The van der Waals surface area contributed by atoms with Crippen molar-refractivity contribution in [1.29, 1.82) is 0 Å². The number of carbonyl (C=O) groups excluding carboxylic acids is 1. The summed E-state index contributed by atoms with van der Waals surface area (Å²) in [7, 11) is 0. The van der Waals surface area contributed by atoms with Gasteiger partial charge in [0.1, 0.15) is 11.5 Å². The molecule has 22 heavy (non-hydrogen) atoms. The van der Waals surface area contributed by atoms with Gasteiger partial charge in [-0.2, -0.15) is 5.10 Å². The van der Waals surface area contributed by atoms with Crippen molar-refractivity contribution in [3.05, 3.63) is 38.7 Å². The van der Waals surface area contributed by atoms with Gasteiger partial charge in [-0.25, -0.2) is 9.48 Å². The molecule has 0 bridgehead atoms. The molecule has 118 valence electrons. The highest BCUT2D eigenvalue weighted by atomic mass is 79.9. The third kappa shape index (κ3) is 3.16. The van der Waals surface area contributed by atoms with E-state index in [0.29, 0.717) is 25.2 Å². The van der Waals surface area contributed by atoms with Crippen molar-refractivity contribution < 1.29 is 4.79 Å². The number of carbonyl (C=O) groups is 1. The van der Waals surface area contributed by atoms with Gasteiger partial charge in [-0.05, 0) is 41.3 Å². The zero-order valence-corrected chi connectivity index (χ0v) is 13.7. The van der Waals surface area contributed by atoms with Crippen molar-refractivity contribution in [2.24, 2.45) is 0 Å². The third-order valence-corrected chi connectivity index (χ3v) is 4.21. The van der Waals surface area contributed by atoms with E-state index in [1.165, 1.54) is 4.68 Å². The van der Waals surface area contributed by atoms with E-state index in [4.69, 9.17) is 0 Å². The Hall–Kier alpha value is -1.83. The highest BCUT2D eigenvalue weighted by Crippen LogP contribution is 2.10. The number of amides is 1. The summed E-state index contributed by atoms with van der Waals surface area (Å²) in [6, 6.07) is 1.73. The second-order valence-corrected chi connectivity index (χ2v) is 6.29. The number of rotatable bonds is 5. The molecule has 1 aliphatic heterocycles. The summed E-state index contributed by atoms with van der Waals surface area (Å²) in [5.41, 5.74) is 0.482.